The first-order chi connectivity index (χ1) is 8.99. The summed E-state index contributed by atoms with van der Waals surface area (Å²) in [7, 11) is 0. The highest BCUT2D eigenvalue weighted by atomic mass is 16.1. The fraction of sp³-hybridized carbons (Fsp3) is 0.562. The van der Waals surface area contributed by atoms with Gasteiger partial charge in [0.05, 0.1) is 0 Å². The lowest BCUT2D eigenvalue weighted by Gasteiger charge is -2.36. The number of hydrogen-bond donors (Lipinski definition) is 2. The van der Waals surface area contributed by atoms with Crippen molar-refractivity contribution in [1.82, 2.24) is 10.6 Å². The molecule has 3 atom stereocenters. The van der Waals surface area contributed by atoms with Crippen molar-refractivity contribution in [2.45, 2.75) is 46.2 Å². The Hall–Kier alpha value is -1.35. The predicted molar refractivity (Wildman–Crippen MR) is 78.4 cm³/mol. The molecule has 3 nitrogen and oxygen atoms in total. The van der Waals surface area contributed by atoms with E-state index in [-0.39, 0.29) is 11.9 Å². The minimum Gasteiger partial charge on any atom is -0.347 e. The molecule has 19 heavy (non-hydrogen) atoms. The topological polar surface area (TPSA) is 41.1 Å². The standard InChI is InChI=1S/C16H24N2O/c1-10-5-6-14(9-12(10)3)16(19)18-15-11(2)7-8-17-13(15)4/h5-6,9,11,13,15,17H,7-8H2,1-4H3,(H,18,19). The quantitative estimate of drug-likeness (QED) is 0.857. The van der Waals surface area contributed by atoms with E-state index < -0.39 is 0 Å². The highest BCUT2D eigenvalue weighted by molar-refractivity contribution is 5.94. The van der Waals surface area contributed by atoms with Crippen LogP contribution in [0.3, 0.4) is 0 Å². The molecule has 0 spiro atoms. The third-order valence-corrected chi connectivity index (χ3v) is 4.28. The second kappa shape index (κ2) is 5.74. The molecule has 2 N–H and O–H groups in total. The molecule has 0 aromatic heterocycles. The SMILES string of the molecule is Cc1ccc(C(=O)NC2C(C)CCNC2C)cc1C. The van der Waals surface area contributed by atoms with Crippen LogP contribution in [0.4, 0.5) is 0 Å². The average molecular weight is 260 g/mol. The number of hydrogen-bond acceptors (Lipinski definition) is 2. The van der Waals surface area contributed by atoms with Crippen LogP contribution in [0, 0.1) is 19.8 Å². The second-order valence-corrected chi connectivity index (χ2v) is 5.81. The van der Waals surface area contributed by atoms with Crippen molar-refractivity contribution in [3.63, 3.8) is 0 Å². The van der Waals surface area contributed by atoms with Gasteiger partial charge in [-0.2, -0.15) is 0 Å². The highest BCUT2D eigenvalue weighted by Gasteiger charge is 2.28. The molecule has 1 fully saturated rings. The number of carbonyl (C=O) groups is 1. The predicted octanol–water partition coefficient (Wildman–Crippen LogP) is 2.42. The number of nitrogens with one attached hydrogen (secondary N) is 2. The third kappa shape index (κ3) is 3.16. The first-order valence-corrected chi connectivity index (χ1v) is 7.10. The van der Waals surface area contributed by atoms with Gasteiger partial charge in [-0.3, -0.25) is 4.79 Å². The van der Waals surface area contributed by atoms with Crippen LogP contribution in [0.25, 0.3) is 0 Å². The van der Waals surface area contributed by atoms with Gasteiger partial charge in [-0.05, 0) is 62.9 Å². The van der Waals surface area contributed by atoms with Crippen LogP contribution in [0.5, 0.6) is 0 Å². The monoisotopic (exact) mass is 260 g/mol. The Morgan fingerprint density at radius 3 is 2.63 bits per heavy atom. The number of piperidine rings is 1. The minimum absolute atomic E-state index is 0.0375. The fourth-order valence-electron chi connectivity index (χ4n) is 2.72. The van der Waals surface area contributed by atoms with E-state index in [2.05, 4.69) is 31.4 Å². The fourth-order valence-corrected chi connectivity index (χ4v) is 2.72. The summed E-state index contributed by atoms with van der Waals surface area (Å²) < 4.78 is 0. The van der Waals surface area contributed by atoms with Gasteiger partial charge in [0, 0.05) is 17.6 Å². The molecular weight excluding hydrogens is 236 g/mol. The average Bonchev–Trinajstić information content (AvgIpc) is 2.37. The number of carbonyl (C=O) groups excluding carboxylic acids is 1. The van der Waals surface area contributed by atoms with Gasteiger partial charge in [0.1, 0.15) is 0 Å². The lowest BCUT2D eigenvalue weighted by Crippen LogP contribution is -2.55. The molecule has 0 radical (unpaired) electrons. The summed E-state index contributed by atoms with van der Waals surface area (Å²) in [6.07, 6.45) is 1.11. The van der Waals surface area contributed by atoms with Crippen LogP contribution in [-0.4, -0.2) is 24.5 Å². The molecule has 0 bridgehead atoms. The molecule has 1 amide bonds. The molecule has 3 unspecified atom stereocenters. The Morgan fingerprint density at radius 2 is 2.00 bits per heavy atom. The van der Waals surface area contributed by atoms with Crippen LogP contribution >= 0.6 is 0 Å². The Kier molecular flexibility index (Phi) is 4.25. The largest absolute Gasteiger partial charge is 0.347 e. The summed E-state index contributed by atoms with van der Waals surface area (Å²) in [6, 6.07) is 6.43. The lowest BCUT2D eigenvalue weighted by molar-refractivity contribution is 0.0897. The van der Waals surface area contributed by atoms with Gasteiger partial charge in [-0.15, -0.1) is 0 Å². The first kappa shape index (κ1) is 14.1. The van der Waals surface area contributed by atoms with Gasteiger partial charge >= 0.3 is 0 Å². The highest BCUT2D eigenvalue weighted by Crippen LogP contribution is 2.17. The van der Waals surface area contributed by atoms with Gasteiger partial charge < -0.3 is 10.6 Å². The van der Waals surface area contributed by atoms with Gasteiger partial charge in [0.2, 0.25) is 0 Å². The van der Waals surface area contributed by atoms with E-state index in [1.165, 1.54) is 5.56 Å². The summed E-state index contributed by atoms with van der Waals surface area (Å²) in [5.74, 6) is 0.558. The van der Waals surface area contributed by atoms with Gasteiger partial charge in [0.15, 0.2) is 0 Å². The van der Waals surface area contributed by atoms with Gasteiger partial charge in [-0.25, -0.2) is 0 Å². The molecule has 1 aromatic carbocycles. The van der Waals surface area contributed by atoms with E-state index in [1.807, 2.05) is 25.1 Å². The summed E-state index contributed by atoms with van der Waals surface area (Å²) >= 11 is 0. The number of aryl methyl sites for hydroxylation is 2. The number of benzene rings is 1. The number of rotatable bonds is 2. The Bertz CT molecular complexity index is 460. The summed E-state index contributed by atoms with van der Waals surface area (Å²) in [5.41, 5.74) is 3.14. The van der Waals surface area contributed by atoms with E-state index in [0.717, 1.165) is 24.1 Å². The smallest absolute Gasteiger partial charge is 0.251 e. The summed E-state index contributed by atoms with van der Waals surface area (Å²) in [6.45, 7) is 9.49. The minimum atomic E-state index is 0.0375. The third-order valence-electron chi connectivity index (χ3n) is 4.28. The maximum atomic E-state index is 12.3. The molecule has 0 aliphatic carbocycles. The zero-order valence-electron chi connectivity index (χ0n) is 12.3. The maximum absolute atomic E-state index is 12.3. The molecular formula is C16H24N2O. The van der Waals surface area contributed by atoms with Crippen molar-refractivity contribution in [2.75, 3.05) is 6.54 Å². The number of amides is 1. The van der Waals surface area contributed by atoms with Crippen molar-refractivity contribution in [2.24, 2.45) is 5.92 Å². The van der Waals surface area contributed by atoms with E-state index in [9.17, 15) is 4.79 Å². The summed E-state index contributed by atoms with van der Waals surface area (Å²) in [4.78, 5) is 12.3. The van der Waals surface area contributed by atoms with Gasteiger partial charge in [-0.1, -0.05) is 13.0 Å². The lowest BCUT2D eigenvalue weighted by atomic mass is 9.89. The summed E-state index contributed by atoms with van der Waals surface area (Å²) in [5, 5.41) is 6.60. The van der Waals surface area contributed by atoms with Crippen LogP contribution in [0.2, 0.25) is 0 Å². The van der Waals surface area contributed by atoms with Crippen molar-refractivity contribution < 1.29 is 4.79 Å². The molecule has 1 aliphatic rings. The maximum Gasteiger partial charge on any atom is 0.251 e. The zero-order valence-corrected chi connectivity index (χ0v) is 12.3. The first-order valence-electron chi connectivity index (χ1n) is 7.10. The molecule has 1 aliphatic heterocycles. The molecule has 3 heteroatoms. The van der Waals surface area contributed by atoms with E-state index in [0.29, 0.717) is 12.0 Å². The van der Waals surface area contributed by atoms with E-state index in [1.54, 1.807) is 0 Å². The van der Waals surface area contributed by atoms with E-state index in [4.69, 9.17) is 0 Å². The van der Waals surface area contributed by atoms with Crippen LogP contribution < -0.4 is 10.6 Å². The van der Waals surface area contributed by atoms with Crippen molar-refractivity contribution in [3.8, 4) is 0 Å². The Labute approximate surface area is 115 Å². The van der Waals surface area contributed by atoms with E-state index >= 15 is 0 Å². The molecule has 104 valence electrons. The van der Waals surface area contributed by atoms with Crippen LogP contribution in [-0.2, 0) is 0 Å². The van der Waals surface area contributed by atoms with Crippen molar-refractivity contribution in [1.29, 1.82) is 0 Å². The van der Waals surface area contributed by atoms with Gasteiger partial charge in [0.25, 0.3) is 5.91 Å². The van der Waals surface area contributed by atoms with Crippen molar-refractivity contribution >= 4 is 5.91 Å². The molecule has 1 saturated heterocycles. The van der Waals surface area contributed by atoms with Crippen LogP contribution in [0.1, 0.15) is 41.8 Å². The zero-order chi connectivity index (χ0) is 14.0. The molecule has 0 saturated carbocycles. The Morgan fingerprint density at radius 1 is 1.26 bits per heavy atom. The normalized spacial score (nSPS) is 27.1. The molecule has 1 aromatic rings. The molecule has 1 heterocycles. The second-order valence-electron chi connectivity index (χ2n) is 5.81. The van der Waals surface area contributed by atoms with Crippen LogP contribution in [0.15, 0.2) is 18.2 Å². The molecule has 2 rings (SSSR count). The van der Waals surface area contributed by atoms with Crippen molar-refractivity contribution in [3.05, 3.63) is 34.9 Å². The Balaban J connectivity index is 2.09.